The minimum atomic E-state index is -0.471. The summed E-state index contributed by atoms with van der Waals surface area (Å²) in [5.74, 6) is -0.471. The molecule has 2 aromatic carbocycles. The Balaban J connectivity index is 2.25. The van der Waals surface area contributed by atoms with Gasteiger partial charge in [0, 0.05) is 5.56 Å². The first-order valence-corrected chi connectivity index (χ1v) is 7.12. The van der Waals surface area contributed by atoms with Crippen LogP contribution in [0.2, 0.25) is 10.2 Å². The zero-order valence-electron chi connectivity index (χ0n) is 11.1. The third kappa shape index (κ3) is 2.51. The van der Waals surface area contributed by atoms with Crippen molar-refractivity contribution >= 4 is 29.5 Å². The summed E-state index contributed by atoms with van der Waals surface area (Å²) in [5, 5.41) is 4.77. The summed E-state index contributed by atoms with van der Waals surface area (Å²) in [6.07, 6.45) is 0.589. The molecule has 0 saturated carbocycles. The molecule has 0 aliphatic rings. The Hall–Kier alpha value is -2.17. The standard InChI is InChI=1S/C16H9Cl2FN2O/c17-14-7-6-10(19)8-12(14)15-13(9-22)16(18)21(20-15)11-4-2-1-3-5-11/h1-9H. The first-order valence-electron chi connectivity index (χ1n) is 6.36. The first kappa shape index (κ1) is 14.8. The van der Waals surface area contributed by atoms with E-state index in [2.05, 4.69) is 5.10 Å². The van der Waals surface area contributed by atoms with Crippen LogP contribution in [0.15, 0.2) is 48.5 Å². The van der Waals surface area contributed by atoms with Crippen molar-refractivity contribution in [3.05, 3.63) is 70.1 Å². The molecule has 110 valence electrons. The van der Waals surface area contributed by atoms with E-state index in [0.29, 0.717) is 22.6 Å². The molecule has 0 amide bonds. The van der Waals surface area contributed by atoms with Gasteiger partial charge in [0.25, 0.3) is 0 Å². The van der Waals surface area contributed by atoms with E-state index < -0.39 is 5.82 Å². The molecule has 1 heterocycles. The summed E-state index contributed by atoms with van der Waals surface area (Å²) in [4.78, 5) is 11.4. The van der Waals surface area contributed by atoms with E-state index in [0.717, 1.165) is 0 Å². The molecule has 0 saturated heterocycles. The highest BCUT2D eigenvalue weighted by Gasteiger charge is 2.20. The van der Waals surface area contributed by atoms with E-state index in [1.165, 1.54) is 22.9 Å². The van der Waals surface area contributed by atoms with E-state index in [-0.39, 0.29) is 16.4 Å². The number of benzene rings is 2. The number of nitrogens with zero attached hydrogens (tertiary/aromatic N) is 2. The van der Waals surface area contributed by atoms with E-state index in [9.17, 15) is 9.18 Å². The number of carbonyl (C=O) groups excluding carboxylic acids is 1. The van der Waals surface area contributed by atoms with Gasteiger partial charge in [0.05, 0.1) is 16.3 Å². The molecule has 0 atom stereocenters. The quantitative estimate of drug-likeness (QED) is 0.645. The van der Waals surface area contributed by atoms with Gasteiger partial charge in [0.2, 0.25) is 0 Å². The number of hydrogen-bond donors (Lipinski definition) is 0. The van der Waals surface area contributed by atoms with Gasteiger partial charge in [-0.1, -0.05) is 41.4 Å². The van der Waals surface area contributed by atoms with Crippen LogP contribution in [0.1, 0.15) is 10.4 Å². The average Bonchev–Trinajstić information content (AvgIpc) is 2.87. The van der Waals surface area contributed by atoms with Crippen LogP contribution in [-0.2, 0) is 0 Å². The van der Waals surface area contributed by atoms with Crippen LogP contribution >= 0.6 is 23.2 Å². The summed E-state index contributed by atoms with van der Waals surface area (Å²) in [5.41, 5.74) is 1.42. The van der Waals surface area contributed by atoms with Gasteiger partial charge in [-0.15, -0.1) is 0 Å². The highest BCUT2D eigenvalue weighted by atomic mass is 35.5. The Kier molecular flexibility index (Phi) is 3.96. The van der Waals surface area contributed by atoms with E-state index in [1.807, 2.05) is 18.2 Å². The smallest absolute Gasteiger partial charge is 0.155 e. The Morgan fingerprint density at radius 3 is 2.50 bits per heavy atom. The predicted molar refractivity (Wildman–Crippen MR) is 84.4 cm³/mol. The van der Waals surface area contributed by atoms with Crippen molar-refractivity contribution < 1.29 is 9.18 Å². The molecule has 1 aromatic heterocycles. The molecule has 3 aromatic rings. The Morgan fingerprint density at radius 2 is 1.82 bits per heavy atom. The predicted octanol–water partition coefficient (Wildman–Crippen LogP) is 4.80. The second kappa shape index (κ2) is 5.91. The maximum atomic E-state index is 13.5. The molecule has 0 fully saturated rings. The lowest BCUT2D eigenvalue weighted by atomic mass is 10.1. The van der Waals surface area contributed by atoms with Crippen molar-refractivity contribution in [1.82, 2.24) is 9.78 Å². The van der Waals surface area contributed by atoms with Crippen LogP contribution in [0.25, 0.3) is 16.9 Å². The fraction of sp³-hybridized carbons (Fsp3) is 0. The molecule has 22 heavy (non-hydrogen) atoms. The largest absolute Gasteiger partial charge is 0.298 e. The zero-order valence-corrected chi connectivity index (χ0v) is 12.6. The molecule has 0 aliphatic heterocycles. The van der Waals surface area contributed by atoms with Crippen LogP contribution in [0.5, 0.6) is 0 Å². The monoisotopic (exact) mass is 334 g/mol. The summed E-state index contributed by atoms with van der Waals surface area (Å²) in [6.45, 7) is 0. The van der Waals surface area contributed by atoms with Gasteiger partial charge in [0.1, 0.15) is 16.7 Å². The van der Waals surface area contributed by atoms with Crippen LogP contribution in [0, 0.1) is 5.82 Å². The van der Waals surface area contributed by atoms with Gasteiger partial charge < -0.3 is 0 Å². The number of carbonyl (C=O) groups is 1. The average molecular weight is 335 g/mol. The zero-order chi connectivity index (χ0) is 15.7. The highest BCUT2D eigenvalue weighted by molar-refractivity contribution is 6.35. The molecule has 3 nitrogen and oxygen atoms in total. The molecular weight excluding hydrogens is 326 g/mol. The van der Waals surface area contributed by atoms with Gasteiger partial charge in [-0.3, -0.25) is 4.79 Å². The summed E-state index contributed by atoms with van der Waals surface area (Å²) >= 11 is 12.3. The van der Waals surface area contributed by atoms with Crippen molar-refractivity contribution in [3.63, 3.8) is 0 Å². The summed E-state index contributed by atoms with van der Waals surface area (Å²) < 4.78 is 14.9. The van der Waals surface area contributed by atoms with Crippen molar-refractivity contribution in [1.29, 1.82) is 0 Å². The van der Waals surface area contributed by atoms with Gasteiger partial charge in [-0.2, -0.15) is 5.10 Å². The van der Waals surface area contributed by atoms with Gasteiger partial charge in [0.15, 0.2) is 6.29 Å². The van der Waals surface area contributed by atoms with Crippen LogP contribution in [0.4, 0.5) is 4.39 Å². The molecule has 3 rings (SSSR count). The van der Waals surface area contributed by atoms with E-state index in [1.54, 1.807) is 12.1 Å². The second-order valence-electron chi connectivity index (χ2n) is 4.54. The number of hydrogen-bond acceptors (Lipinski definition) is 2. The molecule has 0 aliphatic carbocycles. The van der Waals surface area contributed by atoms with Gasteiger partial charge >= 0.3 is 0 Å². The number of aldehydes is 1. The number of aromatic nitrogens is 2. The normalized spacial score (nSPS) is 10.7. The van der Waals surface area contributed by atoms with Gasteiger partial charge in [-0.05, 0) is 30.3 Å². The topological polar surface area (TPSA) is 34.9 Å². The maximum Gasteiger partial charge on any atom is 0.155 e. The molecule has 0 radical (unpaired) electrons. The fourth-order valence-corrected chi connectivity index (χ4v) is 2.61. The maximum absolute atomic E-state index is 13.5. The number of halogens is 3. The van der Waals surface area contributed by atoms with Crippen LogP contribution in [-0.4, -0.2) is 16.1 Å². The lowest BCUT2D eigenvalue weighted by molar-refractivity contribution is 0.112. The summed E-state index contributed by atoms with van der Waals surface area (Å²) in [7, 11) is 0. The molecule has 0 N–H and O–H groups in total. The third-order valence-corrected chi connectivity index (χ3v) is 3.86. The Labute approximate surface area is 135 Å². The highest BCUT2D eigenvalue weighted by Crippen LogP contribution is 2.34. The number of para-hydroxylation sites is 1. The van der Waals surface area contributed by atoms with Gasteiger partial charge in [-0.25, -0.2) is 9.07 Å². The molecule has 0 unspecified atom stereocenters. The summed E-state index contributed by atoms with van der Waals surface area (Å²) in [6, 6.07) is 13.0. The SMILES string of the molecule is O=Cc1c(-c2cc(F)ccc2Cl)nn(-c2ccccc2)c1Cl. The minimum Gasteiger partial charge on any atom is -0.298 e. The lowest BCUT2D eigenvalue weighted by Crippen LogP contribution is -1.96. The van der Waals surface area contributed by atoms with Crippen molar-refractivity contribution in [3.8, 4) is 16.9 Å². The van der Waals surface area contributed by atoms with Crippen molar-refractivity contribution in [2.45, 2.75) is 0 Å². The molecule has 0 bridgehead atoms. The van der Waals surface area contributed by atoms with Crippen LogP contribution < -0.4 is 0 Å². The molecule has 6 heteroatoms. The number of rotatable bonds is 3. The van der Waals surface area contributed by atoms with Crippen LogP contribution in [0.3, 0.4) is 0 Å². The lowest BCUT2D eigenvalue weighted by Gasteiger charge is -2.02. The molecular formula is C16H9Cl2FN2O. The van der Waals surface area contributed by atoms with Crippen molar-refractivity contribution in [2.75, 3.05) is 0 Å². The Bertz CT molecular complexity index is 847. The molecule has 0 spiro atoms. The fourth-order valence-electron chi connectivity index (χ4n) is 2.13. The Morgan fingerprint density at radius 1 is 1.09 bits per heavy atom. The first-order chi connectivity index (χ1) is 10.6. The second-order valence-corrected chi connectivity index (χ2v) is 5.31. The third-order valence-electron chi connectivity index (χ3n) is 3.17. The minimum absolute atomic E-state index is 0.150. The van der Waals surface area contributed by atoms with E-state index in [4.69, 9.17) is 23.2 Å². The van der Waals surface area contributed by atoms with E-state index >= 15 is 0 Å². The van der Waals surface area contributed by atoms with Crippen molar-refractivity contribution in [2.24, 2.45) is 0 Å².